The Morgan fingerprint density at radius 1 is 1.53 bits per heavy atom. The Morgan fingerprint density at radius 2 is 2.26 bits per heavy atom. The maximum atomic E-state index is 12.4. The van der Waals surface area contributed by atoms with Gasteiger partial charge in [0.1, 0.15) is 10.6 Å². The predicted molar refractivity (Wildman–Crippen MR) is 74.5 cm³/mol. The van der Waals surface area contributed by atoms with Crippen molar-refractivity contribution >= 4 is 21.8 Å². The lowest BCUT2D eigenvalue weighted by Gasteiger charge is -2.19. The van der Waals surface area contributed by atoms with Crippen molar-refractivity contribution in [2.45, 2.75) is 49.0 Å². The summed E-state index contributed by atoms with van der Waals surface area (Å²) >= 11 is 1.69. The highest BCUT2D eigenvalue weighted by molar-refractivity contribution is 7.99. The van der Waals surface area contributed by atoms with E-state index < -0.39 is 16.6 Å². The molecular formula is C11H19N3O3S2. The molecule has 0 spiro atoms. The Bertz CT molecular complexity index is 541. The van der Waals surface area contributed by atoms with Crippen molar-refractivity contribution in [2.24, 2.45) is 0 Å². The molecule has 2 rings (SSSR count). The number of sulfonamides is 1. The van der Waals surface area contributed by atoms with Crippen molar-refractivity contribution in [3.8, 4) is 0 Å². The minimum atomic E-state index is -3.63. The summed E-state index contributed by atoms with van der Waals surface area (Å²) in [4.78, 5) is 0.0850. The lowest BCUT2D eigenvalue weighted by Crippen LogP contribution is -2.39. The number of nitrogens with zero attached hydrogens (tertiary/aromatic N) is 1. The summed E-state index contributed by atoms with van der Waals surface area (Å²) in [7, 11) is -3.63. The van der Waals surface area contributed by atoms with Gasteiger partial charge >= 0.3 is 0 Å². The standard InChI is InChI=1S/C11H19N3O3S2/c1-7-11(9(6-15)13-12-7)19(16,17)14-8-4-3-5-10(8)18-2/h8,10,14-15H,3-6H2,1-2H3,(H,12,13). The minimum Gasteiger partial charge on any atom is -0.390 e. The van der Waals surface area contributed by atoms with Crippen LogP contribution in [0.3, 0.4) is 0 Å². The van der Waals surface area contributed by atoms with E-state index in [-0.39, 0.29) is 16.6 Å². The van der Waals surface area contributed by atoms with Crippen LogP contribution in [0.2, 0.25) is 0 Å². The first-order valence-electron chi connectivity index (χ1n) is 6.19. The van der Waals surface area contributed by atoms with E-state index in [0.29, 0.717) is 10.9 Å². The van der Waals surface area contributed by atoms with Gasteiger partial charge in [0.05, 0.1) is 12.3 Å². The number of aromatic nitrogens is 2. The van der Waals surface area contributed by atoms with Gasteiger partial charge in [-0.25, -0.2) is 13.1 Å². The van der Waals surface area contributed by atoms with Crippen LogP contribution in [-0.4, -0.2) is 41.3 Å². The zero-order valence-electron chi connectivity index (χ0n) is 11.0. The molecule has 0 radical (unpaired) electrons. The van der Waals surface area contributed by atoms with Gasteiger partial charge in [-0.15, -0.1) is 0 Å². The molecule has 1 aliphatic rings. The Hall–Kier alpha value is -0.570. The molecule has 0 saturated heterocycles. The number of thioether (sulfide) groups is 1. The van der Waals surface area contributed by atoms with E-state index in [1.165, 1.54) is 0 Å². The monoisotopic (exact) mass is 305 g/mol. The van der Waals surface area contributed by atoms with Crippen molar-refractivity contribution in [1.82, 2.24) is 14.9 Å². The lowest BCUT2D eigenvalue weighted by molar-refractivity contribution is 0.273. The van der Waals surface area contributed by atoms with E-state index in [9.17, 15) is 13.5 Å². The van der Waals surface area contributed by atoms with E-state index in [1.807, 2.05) is 6.26 Å². The molecule has 1 heterocycles. The van der Waals surface area contributed by atoms with Gasteiger partial charge < -0.3 is 5.11 Å². The quantitative estimate of drug-likeness (QED) is 0.747. The highest BCUT2D eigenvalue weighted by atomic mass is 32.2. The van der Waals surface area contributed by atoms with Crippen LogP contribution >= 0.6 is 11.8 Å². The van der Waals surface area contributed by atoms with E-state index in [4.69, 9.17) is 0 Å². The second-order valence-corrected chi connectivity index (χ2v) is 7.44. The first-order chi connectivity index (χ1) is 8.99. The third kappa shape index (κ3) is 2.96. The summed E-state index contributed by atoms with van der Waals surface area (Å²) < 4.78 is 27.6. The maximum Gasteiger partial charge on any atom is 0.244 e. The van der Waals surface area contributed by atoms with Gasteiger partial charge in [0.25, 0.3) is 0 Å². The Kier molecular flexibility index (Phi) is 4.54. The van der Waals surface area contributed by atoms with Crippen LogP contribution < -0.4 is 4.72 Å². The van der Waals surface area contributed by atoms with Crippen LogP contribution in [0.15, 0.2) is 4.90 Å². The first kappa shape index (κ1) is 14.8. The number of rotatable bonds is 5. The second-order valence-electron chi connectivity index (χ2n) is 4.72. The average molecular weight is 305 g/mol. The number of hydrogen-bond acceptors (Lipinski definition) is 5. The number of hydrogen-bond donors (Lipinski definition) is 3. The molecule has 1 aliphatic carbocycles. The fraction of sp³-hybridized carbons (Fsp3) is 0.727. The van der Waals surface area contributed by atoms with Crippen LogP contribution in [0.5, 0.6) is 0 Å². The molecule has 0 aromatic carbocycles. The van der Waals surface area contributed by atoms with E-state index in [1.54, 1.807) is 18.7 Å². The number of aliphatic hydroxyl groups is 1. The fourth-order valence-corrected chi connectivity index (χ4v) is 5.22. The summed E-state index contributed by atoms with van der Waals surface area (Å²) in [6, 6.07) is -0.0409. The largest absolute Gasteiger partial charge is 0.390 e. The van der Waals surface area contributed by atoms with Gasteiger partial charge in [-0.1, -0.05) is 6.42 Å². The van der Waals surface area contributed by atoms with Gasteiger partial charge in [-0.2, -0.15) is 16.9 Å². The highest BCUT2D eigenvalue weighted by Crippen LogP contribution is 2.30. The maximum absolute atomic E-state index is 12.4. The van der Waals surface area contributed by atoms with Crippen LogP contribution in [0.4, 0.5) is 0 Å². The fourth-order valence-electron chi connectivity index (χ4n) is 2.53. The molecule has 6 nitrogen and oxygen atoms in total. The summed E-state index contributed by atoms with van der Waals surface area (Å²) in [5, 5.41) is 15.9. The molecule has 108 valence electrons. The number of aryl methyl sites for hydroxylation is 1. The Morgan fingerprint density at radius 3 is 2.89 bits per heavy atom. The summed E-state index contributed by atoms with van der Waals surface area (Å²) in [5.74, 6) is 0. The molecule has 1 aromatic heterocycles. The zero-order valence-corrected chi connectivity index (χ0v) is 12.6. The van der Waals surface area contributed by atoms with Gasteiger partial charge in [0.15, 0.2) is 0 Å². The Labute approximate surface area is 117 Å². The predicted octanol–water partition coefficient (Wildman–Crippen LogP) is 0.773. The lowest BCUT2D eigenvalue weighted by atomic mass is 10.3. The minimum absolute atomic E-state index is 0.0409. The number of nitrogens with one attached hydrogen (secondary N) is 2. The first-order valence-corrected chi connectivity index (χ1v) is 8.96. The normalized spacial score (nSPS) is 23.9. The average Bonchev–Trinajstić information content (AvgIpc) is 2.94. The summed E-state index contributed by atoms with van der Waals surface area (Å²) in [5.41, 5.74) is 0.624. The summed E-state index contributed by atoms with van der Waals surface area (Å²) in [6.07, 6.45) is 4.93. The van der Waals surface area contributed by atoms with Crippen molar-refractivity contribution < 1.29 is 13.5 Å². The molecular weight excluding hydrogens is 286 g/mol. The second kappa shape index (κ2) is 5.82. The van der Waals surface area contributed by atoms with E-state index >= 15 is 0 Å². The smallest absolute Gasteiger partial charge is 0.244 e. The third-order valence-corrected chi connectivity index (χ3v) is 6.30. The third-order valence-electron chi connectivity index (χ3n) is 3.44. The van der Waals surface area contributed by atoms with Crippen molar-refractivity contribution in [2.75, 3.05) is 6.26 Å². The molecule has 0 aliphatic heterocycles. The molecule has 2 atom stereocenters. The van der Waals surface area contributed by atoms with Gasteiger partial charge in [0.2, 0.25) is 10.0 Å². The van der Waals surface area contributed by atoms with Crippen LogP contribution in [0.1, 0.15) is 30.7 Å². The van der Waals surface area contributed by atoms with Gasteiger partial charge in [-0.3, -0.25) is 5.10 Å². The molecule has 2 unspecified atom stereocenters. The summed E-state index contributed by atoms with van der Waals surface area (Å²) in [6.45, 7) is 1.25. The molecule has 1 aromatic rings. The molecule has 8 heteroatoms. The van der Waals surface area contributed by atoms with Crippen molar-refractivity contribution in [1.29, 1.82) is 0 Å². The van der Waals surface area contributed by atoms with E-state index in [2.05, 4.69) is 14.9 Å². The van der Waals surface area contributed by atoms with Crippen molar-refractivity contribution in [3.05, 3.63) is 11.4 Å². The molecule has 3 N–H and O–H groups in total. The number of H-pyrrole nitrogens is 1. The van der Waals surface area contributed by atoms with Crippen LogP contribution in [-0.2, 0) is 16.6 Å². The Balaban J connectivity index is 2.25. The van der Waals surface area contributed by atoms with Crippen LogP contribution in [0, 0.1) is 6.92 Å². The number of aliphatic hydroxyl groups excluding tert-OH is 1. The molecule has 1 saturated carbocycles. The van der Waals surface area contributed by atoms with Crippen LogP contribution in [0.25, 0.3) is 0 Å². The SMILES string of the molecule is CSC1CCCC1NS(=O)(=O)c1c(CO)n[nH]c1C. The molecule has 19 heavy (non-hydrogen) atoms. The zero-order chi connectivity index (χ0) is 14.0. The van der Waals surface area contributed by atoms with Crippen molar-refractivity contribution in [3.63, 3.8) is 0 Å². The number of aromatic amines is 1. The molecule has 0 amide bonds. The van der Waals surface area contributed by atoms with Gasteiger partial charge in [-0.05, 0) is 26.0 Å². The van der Waals surface area contributed by atoms with Gasteiger partial charge in [0, 0.05) is 11.3 Å². The highest BCUT2D eigenvalue weighted by Gasteiger charge is 2.33. The molecule has 1 fully saturated rings. The topological polar surface area (TPSA) is 95.1 Å². The molecule has 0 bridgehead atoms. The van der Waals surface area contributed by atoms with E-state index in [0.717, 1.165) is 19.3 Å².